The fraction of sp³-hybridized carbons (Fsp3) is 0.235. The van der Waals surface area contributed by atoms with E-state index < -0.39 is 21.5 Å². The van der Waals surface area contributed by atoms with Crippen molar-refractivity contribution in [2.45, 2.75) is 20.8 Å². The molecule has 6 heteroatoms. The van der Waals surface area contributed by atoms with Crippen LogP contribution in [0.15, 0.2) is 47.0 Å². The molecule has 2 aromatic rings. The average molecular weight is 333 g/mol. The molecule has 0 amide bonds. The number of carbonyl (C=O) groups is 1. The third-order valence-electron chi connectivity index (χ3n) is 3.35. The Labute approximate surface area is 136 Å². The molecule has 0 spiro atoms. The number of rotatable bonds is 5. The fourth-order valence-electron chi connectivity index (χ4n) is 2.38. The van der Waals surface area contributed by atoms with E-state index in [9.17, 15) is 9.00 Å². The van der Waals surface area contributed by atoms with Crippen LogP contribution in [0.4, 0.5) is 0 Å². The van der Waals surface area contributed by atoms with E-state index in [4.69, 9.17) is 9.39 Å². The van der Waals surface area contributed by atoms with E-state index >= 15 is 0 Å². The lowest BCUT2D eigenvalue weighted by Crippen LogP contribution is -2.21. The highest BCUT2D eigenvalue weighted by Crippen LogP contribution is 2.26. The lowest BCUT2D eigenvalue weighted by Gasteiger charge is -2.15. The number of carbonyl (C=O) groups excluding carboxylic acids is 1. The molecule has 0 aliphatic carbocycles. The maximum absolute atomic E-state index is 12.6. The number of hydrogen-bond acceptors (Lipinski definition) is 4. The van der Waals surface area contributed by atoms with Crippen molar-refractivity contribution < 1.29 is 18.4 Å². The lowest BCUT2D eigenvalue weighted by atomic mass is 10.1. The summed E-state index contributed by atoms with van der Waals surface area (Å²) in [5, 5.41) is 9.15. The van der Waals surface area contributed by atoms with Crippen molar-refractivity contribution in [3.63, 3.8) is 0 Å². The SMILES string of the molecule is Cc1cc(C)c(OS(=O)(CC(=O)c2ccccc2)=NO)c(C)c1. The first kappa shape index (κ1) is 17.2. The molecule has 2 aromatic carbocycles. The Morgan fingerprint density at radius 2 is 1.70 bits per heavy atom. The number of ketones is 1. The minimum absolute atomic E-state index is 0.374. The average Bonchev–Trinajstić information content (AvgIpc) is 2.52. The van der Waals surface area contributed by atoms with Crippen LogP contribution in [0.1, 0.15) is 27.0 Å². The number of benzene rings is 2. The Morgan fingerprint density at radius 3 is 2.22 bits per heavy atom. The van der Waals surface area contributed by atoms with Gasteiger partial charge in [-0.1, -0.05) is 48.0 Å². The smallest absolute Gasteiger partial charge is 0.239 e. The summed E-state index contributed by atoms with van der Waals surface area (Å²) in [4.78, 5) is 12.2. The van der Waals surface area contributed by atoms with Crippen LogP contribution in [-0.4, -0.2) is 21.0 Å². The van der Waals surface area contributed by atoms with E-state index in [2.05, 4.69) is 4.53 Å². The summed E-state index contributed by atoms with van der Waals surface area (Å²) in [6.45, 7) is 5.56. The molecule has 0 bridgehead atoms. The Morgan fingerprint density at radius 1 is 1.13 bits per heavy atom. The molecule has 0 fully saturated rings. The molecule has 0 aliphatic heterocycles. The molecule has 0 aliphatic rings. The molecule has 0 aromatic heterocycles. The van der Waals surface area contributed by atoms with Crippen LogP contribution in [0.3, 0.4) is 0 Å². The first-order chi connectivity index (χ1) is 10.8. The molecule has 122 valence electrons. The molecule has 0 saturated heterocycles. The van der Waals surface area contributed by atoms with Crippen molar-refractivity contribution in [1.29, 1.82) is 0 Å². The standard InChI is InChI=1S/C17H19NO4S/c1-12-9-13(2)17(14(3)10-12)22-23(21,18-20)11-16(19)15-7-5-4-6-8-15/h4-10,20H,11H2,1-3H3. The summed E-state index contributed by atoms with van der Waals surface area (Å²) in [5.74, 6) is -0.546. The van der Waals surface area contributed by atoms with E-state index in [0.717, 1.165) is 16.7 Å². The van der Waals surface area contributed by atoms with Crippen molar-refractivity contribution in [2.24, 2.45) is 4.53 Å². The van der Waals surface area contributed by atoms with Gasteiger partial charge in [0.2, 0.25) is 10.0 Å². The van der Waals surface area contributed by atoms with Crippen LogP contribution in [0.25, 0.3) is 0 Å². The van der Waals surface area contributed by atoms with Gasteiger partial charge in [0.25, 0.3) is 0 Å². The summed E-state index contributed by atoms with van der Waals surface area (Å²) >= 11 is 0. The summed E-state index contributed by atoms with van der Waals surface area (Å²) in [6, 6.07) is 12.2. The summed E-state index contributed by atoms with van der Waals surface area (Å²) in [6.07, 6.45) is 0. The largest absolute Gasteiger partial charge is 0.394 e. The normalized spacial score (nSPS) is 13.2. The second kappa shape index (κ2) is 6.93. The minimum Gasteiger partial charge on any atom is -0.394 e. The zero-order valence-corrected chi connectivity index (χ0v) is 14.1. The van der Waals surface area contributed by atoms with Gasteiger partial charge in [0.1, 0.15) is 11.5 Å². The van der Waals surface area contributed by atoms with E-state index in [0.29, 0.717) is 11.3 Å². The number of hydrogen-bond donors (Lipinski definition) is 1. The molecule has 23 heavy (non-hydrogen) atoms. The Balaban J connectivity index is 2.29. The van der Waals surface area contributed by atoms with Crippen LogP contribution < -0.4 is 4.18 Å². The zero-order valence-electron chi connectivity index (χ0n) is 13.3. The van der Waals surface area contributed by atoms with Crippen LogP contribution >= 0.6 is 0 Å². The van der Waals surface area contributed by atoms with E-state index in [-0.39, 0.29) is 0 Å². The van der Waals surface area contributed by atoms with Crippen molar-refractivity contribution in [2.75, 3.05) is 5.75 Å². The molecule has 0 heterocycles. The monoisotopic (exact) mass is 333 g/mol. The highest BCUT2D eigenvalue weighted by molar-refractivity contribution is 7.90. The van der Waals surface area contributed by atoms with Crippen LogP contribution in [0.5, 0.6) is 5.75 Å². The maximum atomic E-state index is 12.6. The summed E-state index contributed by atoms with van der Waals surface area (Å²) in [5.41, 5.74) is 2.97. The van der Waals surface area contributed by atoms with E-state index in [1.165, 1.54) is 0 Å². The van der Waals surface area contributed by atoms with Crippen LogP contribution in [0, 0.1) is 20.8 Å². The molecule has 2 rings (SSSR count). The quantitative estimate of drug-likeness (QED) is 0.669. The van der Waals surface area contributed by atoms with E-state index in [1.54, 1.807) is 30.3 Å². The van der Waals surface area contributed by atoms with Gasteiger partial charge in [-0.05, 0) is 36.4 Å². The Kier molecular flexibility index (Phi) is 5.18. The van der Waals surface area contributed by atoms with Gasteiger partial charge < -0.3 is 4.18 Å². The third kappa shape index (κ3) is 4.18. The molecule has 0 radical (unpaired) electrons. The van der Waals surface area contributed by atoms with Crippen LogP contribution in [-0.2, 0) is 10.0 Å². The van der Waals surface area contributed by atoms with Gasteiger partial charge in [-0.3, -0.25) is 10.0 Å². The lowest BCUT2D eigenvalue weighted by molar-refractivity contribution is 0.101. The molecule has 0 saturated carbocycles. The topological polar surface area (TPSA) is 76.0 Å². The predicted octanol–water partition coefficient (Wildman–Crippen LogP) is 3.65. The molecule has 1 atom stereocenters. The maximum Gasteiger partial charge on any atom is 0.239 e. The van der Waals surface area contributed by atoms with E-state index in [1.807, 2.05) is 32.9 Å². The van der Waals surface area contributed by atoms with Gasteiger partial charge in [0.15, 0.2) is 5.78 Å². The Bertz CT molecular complexity index is 814. The van der Waals surface area contributed by atoms with Crippen LogP contribution in [0.2, 0.25) is 0 Å². The molecule has 1 N–H and O–H groups in total. The molecular weight excluding hydrogens is 314 g/mol. The number of Topliss-reactive ketones (excluding diaryl/α,β-unsaturated/α-hetero) is 1. The Hall–Kier alpha value is -2.18. The summed E-state index contributed by atoms with van der Waals surface area (Å²) in [7, 11) is -3.55. The van der Waals surface area contributed by atoms with Gasteiger partial charge in [-0.25, -0.2) is 4.21 Å². The van der Waals surface area contributed by atoms with Crippen molar-refractivity contribution in [3.05, 3.63) is 64.7 Å². The van der Waals surface area contributed by atoms with Gasteiger partial charge in [-0.15, -0.1) is 0 Å². The molecule has 1 unspecified atom stereocenters. The predicted molar refractivity (Wildman–Crippen MR) is 89.3 cm³/mol. The highest BCUT2D eigenvalue weighted by atomic mass is 32.2. The molecular formula is C17H19NO4S. The third-order valence-corrected chi connectivity index (χ3v) is 4.65. The first-order valence-corrected chi connectivity index (χ1v) is 8.69. The fourth-order valence-corrected chi connectivity index (χ4v) is 3.55. The molecule has 5 nitrogen and oxygen atoms in total. The van der Waals surface area contributed by atoms with Crippen molar-refractivity contribution in [1.82, 2.24) is 0 Å². The summed E-state index contributed by atoms with van der Waals surface area (Å²) < 4.78 is 21.0. The second-order valence-electron chi connectivity index (χ2n) is 5.41. The second-order valence-corrected chi connectivity index (χ2v) is 7.19. The van der Waals surface area contributed by atoms with Crippen molar-refractivity contribution >= 4 is 15.8 Å². The van der Waals surface area contributed by atoms with Gasteiger partial charge in [0, 0.05) is 5.56 Å². The van der Waals surface area contributed by atoms with Gasteiger partial charge in [0.05, 0.1) is 0 Å². The number of nitrogens with zero attached hydrogens (tertiary/aromatic N) is 1. The van der Waals surface area contributed by atoms with Gasteiger partial charge >= 0.3 is 0 Å². The first-order valence-electron chi connectivity index (χ1n) is 7.08. The number of aryl methyl sites for hydroxylation is 3. The highest BCUT2D eigenvalue weighted by Gasteiger charge is 2.21. The zero-order chi connectivity index (χ0) is 17.0. The minimum atomic E-state index is -3.55. The van der Waals surface area contributed by atoms with Crippen molar-refractivity contribution in [3.8, 4) is 5.75 Å². The van der Waals surface area contributed by atoms with Gasteiger partial charge in [-0.2, -0.15) is 0 Å².